The van der Waals surface area contributed by atoms with Crippen molar-refractivity contribution in [2.45, 2.75) is 0 Å². The molecule has 1 aliphatic heterocycles. The minimum atomic E-state index is -0.538. The van der Waals surface area contributed by atoms with Gasteiger partial charge in [-0.3, -0.25) is 4.79 Å². The van der Waals surface area contributed by atoms with Crippen molar-refractivity contribution in [3.63, 3.8) is 0 Å². The molecule has 0 saturated carbocycles. The van der Waals surface area contributed by atoms with Crippen molar-refractivity contribution >= 4 is 17.8 Å². The van der Waals surface area contributed by atoms with Crippen LogP contribution >= 0.6 is 0 Å². The fourth-order valence-corrected chi connectivity index (χ4v) is 3.20. The SMILES string of the molecule is COc1cccc(C(=O)Oc2ccc3c(c2)O/C(=C\C=C\c2ccccc2OC)C3=O)c1. The maximum atomic E-state index is 12.6. The van der Waals surface area contributed by atoms with Gasteiger partial charge < -0.3 is 18.9 Å². The summed E-state index contributed by atoms with van der Waals surface area (Å²) in [6.45, 7) is 0. The first-order valence-electron chi connectivity index (χ1n) is 9.83. The van der Waals surface area contributed by atoms with Crippen LogP contribution in [0.25, 0.3) is 6.08 Å². The van der Waals surface area contributed by atoms with Crippen molar-refractivity contribution < 1.29 is 28.5 Å². The van der Waals surface area contributed by atoms with E-state index in [1.807, 2.05) is 30.3 Å². The zero-order chi connectivity index (χ0) is 22.5. The number of hydrogen-bond acceptors (Lipinski definition) is 6. The zero-order valence-corrected chi connectivity index (χ0v) is 17.5. The van der Waals surface area contributed by atoms with Crippen molar-refractivity contribution in [2.24, 2.45) is 0 Å². The summed E-state index contributed by atoms with van der Waals surface area (Å²) in [7, 11) is 3.13. The van der Waals surface area contributed by atoms with E-state index in [0.29, 0.717) is 22.6 Å². The lowest BCUT2D eigenvalue weighted by Gasteiger charge is -2.07. The van der Waals surface area contributed by atoms with Crippen LogP contribution in [0, 0.1) is 0 Å². The van der Waals surface area contributed by atoms with Crippen molar-refractivity contribution in [3.05, 3.63) is 101 Å². The Kier molecular flexibility index (Phi) is 6.03. The summed E-state index contributed by atoms with van der Waals surface area (Å²) in [5, 5.41) is 0. The lowest BCUT2D eigenvalue weighted by Crippen LogP contribution is -2.08. The van der Waals surface area contributed by atoms with Gasteiger partial charge in [0, 0.05) is 11.6 Å². The molecule has 1 heterocycles. The van der Waals surface area contributed by atoms with E-state index in [9.17, 15) is 9.59 Å². The third-order valence-electron chi connectivity index (χ3n) is 4.82. The molecule has 0 saturated heterocycles. The van der Waals surface area contributed by atoms with Crippen LogP contribution in [0.4, 0.5) is 0 Å². The Morgan fingerprint density at radius 3 is 2.56 bits per heavy atom. The highest BCUT2D eigenvalue weighted by Crippen LogP contribution is 2.34. The number of para-hydroxylation sites is 1. The average molecular weight is 428 g/mol. The molecule has 4 rings (SSSR count). The number of rotatable bonds is 6. The van der Waals surface area contributed by atoms with E-state index in [1.54, 1.807) is 55.7 Å². The molecular formula is C26H20O6. The number of carbonyl (C=O) groups excluding carboxylic acids is 2. The highest BCUT2D eigenvalue weighted by atomic mass is 16.5. The van der Waals surface area contributed by atoms with Gasteiger partial charge in [0.2, 0.25) is 5.78 Å². The van der Waals surface area contributed by atoms with Gasteiger partial charge in [0.1, 0.15) is 23.0 Å². The fraction of sp³-hybridized carbons (Fsp3) is 0.0769. The number of carbonyl (C=O) groups is 2. The van der Waals surface area contributed by atoms with Crippen LogP contribution in [-0.4, -0.2) is 26.0 Å². The van der Waals surface area contributed by atoms with Crippen molar-refractivity contribution in [1.29, 1.82) is 0 Å². The van der Waals surface area contributed by atoms with Gasteiger partial charge in [-0.25, -0.2) is 4.79 Å². The zero-order valence-electron chi connectivity index (χ0n) is 17.5. The molecule has 1 aliphatic rings. The van der Waals surface area contributed by atoms with E-state index < -0.39 is 5.97 Å². The Labute approximate surface area is 185 Å². The number of fused-ring (bicyclic) bond motifs is 1. The van der Waals surface area contributed by atoms with Crippen LogP contribution in [0.1, 0.15) is 26.3 Å². The molecular weight excluding hydrogens is 408 g/mol. The van der Waals surface area contributed by atoms with Crippen LogP contribution in [0.2, 0.25) is 0 Å². The largest absolute Gasteiger partial charge is 0.497 e. The van der Waals surface area contributed by atoms with Crippen LogP contribution in [0.5, 0.6) is 23.0 Å². The summed E-state index contributed by atoms with van der Waals surface area (Å²) in [6, 6.07) is 18.9. The first-order valence-corrected chi connectivity index (χ1v) is 9.83. The highest BCUT2D eigenvalue weighted by molar-refractivity contribution is 6.12. The van der Waals surface area contributed by atoms with Crippen molar-refractivity contribution in [2.75, 3.05) is 14.2 Å². The molecule has 0 radical (unpaired) electrons. The minimum absolute atomic E-state index is 0.183. The molecule has 160 valence electrons. The molecule has 0 spiro atoms. The van der Waals surface area contributed by atoms with Crippen molar-refractivity contribution in [3.8, 4) is 23.0 Å². The topological polar surface area (TPSA) is 71.1 Å². The predicted molar refractivity (Wildman–Crippen MR) is 119 cm³/mol. The summed E-state index contributed by atoms with van der Waals surface area (Å²) in [5.74, 6) is 1.30. The molecule has 0 amide bonds. The van der Waals surface area contributed by atoms with Gasteiger partial charge in [-0.05, 0) is 42.5 Å². The fourth-order valence-electron chi connectivity index (χ4n) is 3.20. The van der Waals surface area contributed by atoms with E-state index in [1.165, 1.54) is 13.2 Å². The molecule has 6 nitrogen and oxygen atoms in total. The molecule has 0 bridgehead atoms. The number of methoxy groups -OCH3 is 2. The normalized spacial score (nSPS) is 13.7. The summed E-state index contributed by atoms with van der Waals surface area (Å²) in [5.41, 5.74) is 1.63. The lowest BCUT2D eigenvalue weighted by atomic mass is 10.1. The Bertz CT molecular complexity index is 1240. The molecule has 32 heavy (non-hydrogen) atoms. The van der Waals surface area contributed by atoms with E-state index in [0.717, 1.165) is 11.3 Å². The molecule has 0 fully saturated rings. The smallest absolute Gasteiger partial charge is 0.343 e. The van der Waals surface area contributed by atoms with Crippen molar-refractivity contribution in [1.82, 2.24) is 0 Å². The van der Waals surface area contributed by atoms with E-state index in [-0.39, 0.29) is 17.3 Å². The summed E-state index contributed by atoms with van der Waals surface area (Å²) in [4.78, 5) is 25.0. The number of ketones is 1. The second-order valence-corrected chi connectivity index (χ2v) is 6.84. The van der Waals surface area contributed by atoms with E-state index in [4.69, 9.17) is 18.9 Å². The third kappa shape index (κ3) is 4.39. The standard InChI is InChI=1S/C26H20O6/c1-29-19-10-5-9-18(15-19)26(28)31-20-13-14-21-24(16-20)32-23(25(21)27)12-6-8-17-7-3-4-11-22(17)30-2/h3-16H,1-2H3/b8-6+,23-12-. The molecule has 0 aromatic heterocycles. The number of allylic oxidation sites excluding steroid dienone is 3. The summed E-state index contributed by atoms with van der Waals surface area (Å²) >= 11 is 0. The maximum Gasteiger partial charge on any atom is 0.343 e. The van der Waals surface area contributed by atoms with Gasteiger partial charge in [-0.15, -0.1) is 0 Å². The van der Waals surface area contributed by atoms with Crippen LogP contribution < -0.4 is 18.9 Å². The molecule has 0 unspecified atom stereocenters. The Morgan fingerprint density at radius 2 is 1.75 bits per heavy atom. The number of esters is 1. The molecule has 0 atom stereocenters. The Hall–Kier alpha value is -4.32. The number of hydrogen-bond donors (Lipinski definition) is 0. The van der Waals surface area contributed by atoms with Gasteiger partial charge >= 0.3 is 5.97 Å². The summed E-state index contributed by atoms with van der Waals surface area (Å²) < 4.78 is 21.6. The quantitative estimate of drug-likeness (QED) is 0.309. The lowest BCUT2D eigenvalue weighted by molar-refractivity contribution is 0.0734. The Morgan fingerprint density at radius 1 is 0.906 bits per heavy atom. The average Bonchev–Trinajstić information content (AvgIpc) is 3.14. The van der Waals surface area contributed by atoms with Crippen LogP contribution in [0.3, 0.4) is 0 Å². The van der Waals surface area contributed by atoms with E-state index in [2.05, 4.69) is 0 Å². The molecule has 6 heteroatoms. The molecule has 3 aromatic rings. The first kappa shape index (κ1) is 20.9. The third-order valence-corrected chi connectivity index (χ3v) is 4.82. The van der Waals surface area contributed by atoms with Gasteiger partial charge in [0.25, 0.3) is 0 Å². The first-order chi connectivity index (χ1) is 15.6. The van der Waals surface area contributed by atoms with Crippen LogP contribution in [-0.2, 0) is 0 Å². The maximum absolute atomic E-state index is 12.6. The van der Waals surface area contributed by atoms with Gasteiger partial charge in [0.15, 0.2) is 5.76 Å². The second kappa shape index (κ2) is 9.22. The van der Waals surface area contributed by atoms with Gasteiger partial charge in [-0.1, -0.05) is 36.4 Å². The second-order valence-electron chi connectivity index (χ2n) is 6.84. The summed E-state index contributed by atoms with van der Waals surface area (Å²) in [6.07, 6.45) is 5.14. The van der Waals surface area contributed by atoms with Crippen LogP contribution in [0.15, 0.2) is 84.6 Å². The molecule has 0 N–H and O–H groups in total. The Balaban J connectivity index is 1.49. The van der Waals surface area contributed by atoms with Gasteiger partial charge in [0.05, 0.1) is 25.3 Å². The highest BCUT2D eigenvalue weighted by Gasteiger charge is 2.27. The predicted octanol–water partition coefficient (Wildman–Crippen LogP) is 5.10. The van der Waals surface area contributed by atoms with Gasteiger partial charge in [-0.2, -0.15) is 0 Å². The number of Topliss-reactive ketones (excluding diaryl/α,β-unsaturated/α-hetero) is 1. The molecule has 3 aromatic carbocycles. The molecule has 0 aliphatic carbocycles. The van der Waals surface area contributed by atoms with E-state index >= 15 is 0 Å². The number of ether oxygens (including phenoxy) is 4. The minimum Gasteiger partial charge on any atom is -0.497 e. The monoisotopic (exact) mass is 428 g/mol. The number of benzene rings is 3.